The minimum absolute atomic E-state index is 0.0922. The van der Waals surface area contributed by atoms with Crippen LogP contribution in [0.4, 0.5) is 4.39 Å². The Bertz CT molecular complexity index is 778. The molecule has 3 atom stereocenters. The van der Waals surface area contributed by atoms with E-state index in [4.69, 9.17) is 4.74 Å². The first-order valence-corrected chi connectivity index (χ1v) is 9.94. The van der Waals surface area contributed by atoms with E-state index in [9.17, 15) is 9.50 Å². The number of fused-ring (bicyclic) bond motifs is 1. The number of piperidine rings is 1. The van der Waals surface area contributed by atoms with Gasteiger partial charge in [0.15, 0.2) is 0 Å². The highest BCUT2D eigenvalue weighted by Gasteiger charge is 2.48. The number of benzene rings is 2. The molecule has 1 saturated carbocycles. The van der Waals surface area contributed by atoms with Crippen molar-refractivity contribution in [3.63, 3.8) is 0 Å². The third-order valence-corrected chi connectivity index (χ3v) is 6.46. The van der Waals surface area contributed by atoms with Crippen molar-refractivity contribution >= 4 is 0 Å². The van der Waals surface area contributed by atoms with E-state index in [1.165, 1.54) is 11.6 Å². The first-order valence-electron chi connectivity index (χ1n) is 9.94. The predicted molar refractivity (Wildman–Crippen MR) is 104 cm³/mol. The van der Waals surface area contributed by atoms with Crippen LogP contribution in [-0.4, -0.2) is 29.3 Å². The lowest BCUT2D eigenvalue weighted by Crippen LogP contribution is -2.54. The molecule has 1 N–H and O–H groups in total. The van der Waals surface area contributed by atoms with Gasteiger partial charge in [-0.15, -0.1) is 0 Å². The molecule has 2 fully saturated rings. The molecule has 144 valence electrons. The smallest absolute Gasteiger partial charge is 0.127 e. The molecular formula is C23H28FNO2. The highest BCUT2D eigenvalue weighted by Crippen LogP contribution is 2.49. The normalized spacial score (nSPS) is 28.6. The van der Waals surface area contributed by atoms with Crippen LogP contribution in [0.5, 0.6) is 5.75 Å². The van der Waals surface area contributed by atoms with Crippen molar-refractivity contribution in [1.82, 2.24) is 4.90 Å². The monoisotopic (exact) mass is 369 g/mol. The summed E-state index contributed by atoms with van der Waals surface area (Å²) in [6.45, 7) is 1.34. The Balaban J connectivity index is 1.69. The van der Waals surface area contributed by atoms with E-state index in [0.29, 0.717) is 6.54 Å². The Hall–Kier alpha value is -1.91. The van der Waals surface area contributed by atoms with Gasteiger partial charge in [0.1, 0.15) is 11.6 Å². The Morgan fingerprint density at radius 2 is 1.89 bits per heavy atom. The molecule has 0 bridgehead atoms. The van der Waals surface area contributed by atoms with Crippen LogP contribution in [0.3, 0.4) is 0 Å². The van der Waals surface area contributed by atoms with Gasteiger partial charge in [0.25, 0.3) is 0 Å². The fraction of sp³-hybridized carbons (Fsp3) is 0.478. The number of halogens is 1. The first kappa shape index (κ1) is 18.5. The average Bonchev–Trinajstić information content (AvgIpc) is 2.70. The zero-order chi connectivity index (χ0) is 18.9. The summed E-state index contributed by atoms with van der Waals surface area (Å²) in [6.07, 6.45) is 4.89. The summed E-state index contributed by atoms with van der Waals surface area (Å²) in [6, 6.07) is 15.3. The van der Waals surface area contributed by atoms with Gasteiger partial charge in [0, 0.05) is 30.6 Å². The van der Waals surface area contributed by atoms with Crippen LogP contribution in [-0.2, 0) is 6.54 Å². The topological polar surface area (TPSA) is 32.7 Å². The number of methoxy groups -OCH3 is 1. The van der Waals surface area contributed by atoms with Crippen LogP contribution < -0.4 is 4.74 Å². The quantitative estimate of drug-likeness (QED) is 0.848. The minimum atomic E-state index is -0.603. The Morgan fingerprint density at radius 1 is 1.11 bits per heavy atom. The summed E-state index contributed by atoms with van der Waals surface area (Å²) in [5.41, 5.74) is 1.30. The molecule has 2 aliphatic rings. The largest absolute Gasteiger partial charge is 0.497 e. The predicted octanol–water partition coefficient (Wildman–Crippen LogP) is 4.70. The molecule has 1 saturated heterocycles. The number of hydrogen-bond donors (Lipinski definition) is 1. The molecule has 2 aromatic carbocycles. The molecule has 1 heterocycles. The van der Waals surface area contributed by atoms with E-state index in [1.807, 2.05) is 24.3 Å². The maximum absolute atomic E-state index is 14.3. The van der Waals surface area contributed by atoms with Crippen LogP contribution >= 0.6 is 0 Å². The van der Waals surface area contributed by atoms with Crippen molar-refractivity contribution in [2.75, 3.05) is 13.7 Å². The van der Waals surface area contributed by atoms with Crippen molar-refractivity contribution in [3.05, 3.63) is 65.5 Å². The second-order valence-electron chi connectivity index (χ2n) is 7.99. The zero-order valence-electron chi connectivity index (χ0n) is 15.9. The maximum atomic E-state index is 14.3. The SMILES string of the molecule is COc1ccc([C@H]2[C@H]3CCCC[C@]3(O)CCN2Cc2ccccc2F)cc1. The van der Waals surface area contributed by atoms with E-state index in [0.717, 1.165) is 50.0 Å². The second kappa shape index (κ2) is 7.61. The standard InChI is InChI=1S/C23H28FNO2/c1-27-19-11-9-17(10-12-19)22-20-7-4-5-13-23(20,26)14-15-25(22)16-18-6-2-3-8-21(18)24/h2-3,6,8-12,20,22,26H,4-5,7,13-16H2,1H3/t20-,22+,23+/m1/s1. The number of ether oxygens (including phenoxy) is 1. The van der Waals surface area contributed by atoms with Crippen LogP contribution in [0.1, 0.15) is 49.3 Å². The second-order valence-corrected chi connectivity index (χ2v) is 7.99. The molecule has 27 heavy (non-hydrogen) atoms. The number of hydrogen-bond acceptors (Lipinski definition) is 3. The minimum Gasteiger partial charge on any atom is -0.497 e. The molecular weight excluding hydrogens is 341 g/mol. The molecule has 0 unspecified atom stereocenters. The van der Waals surface area contributed by atoms with E-state index >= 15 is 0 Å². The molecule has 3 nitrogen and oxygen atoms in total. The maximum Gasteiger partial charge on any atom is 0.127 e. The molecule has 0 radical (unpaired) electrons. The fourth-order valence-corrected chi connectivity index (χ4v) is 5.01. The Kier molecular flexibility index (Phi) is 5.20. The first-order chi connectivity index (χ1) is 13.1. The summed E-state index contributed by atoms with van der Waals surface area (Å²) in [4.78, 5) is 2.35. The van der Waals surface area contributed by atoms with Crippen LogP contribution in [0.2, 0.25) is 0 Å². The van der Waals surface area contributed by atoms with Gasteiger partial charge in [-0.2, -0.15) is 0 Å². The Morgan fingerprint density at radius 3 is 2.63 bits per heavy atom. The molecule has 4 heteroatoms. The van der Waals surface area contributed by atoms with Crippen molar-refractivity contribution in [2.45, 2.75) is 50.3 Å². The van der Waals surface area contributed by atoms with E-state index < -0.39 is 5.60 Å². The third-order valence-electron chi connectivity index (χ3n) is 6.46. The summed E-state index contributed by atoms with van der Waals surface area (Å²) >= 11 is 0. The van der Waals surface area contributed by atoms with Crippen LogP contribution in [0, 0.1) is 11.7 Å². The van der Waals surface area contributed by atoms with Gasteiger partial charge < -0.3 is 9.84 Å². The number of aliphatic hydroxyl groups is 1. The van der Waals surface area contributed by atoms with Gasteiger partial charge in [-0.05, 0) is 43.0 Å². The van der Waals surface area contributed by atoms with Crippen molar-refractivity contribution in [2.24, 2.45) is 5.92 Å². The summed E-state index contributed by atoms with van der Waals surface area (Å²) in [5, 5.41) is 11.3. The number of nitrogens with zero attached hydrogens (tertiary/aromatic N) is 1. The molecule has 1 aliphatic carbocycles. The van der Waals surface area contributed by atoms with Gasteiger partial charge >= 0.3 is 0 Å². The zero-order valence-corrected chi connectivity index (χ0v) is 15.9. The summed E-state index contributed by atoms with van der Waals surface area (Å²) in [7, 11) is 1.67. The summed E-state index contributed by atoms with van der Waals surface area (Å²) < 4.78 is 19.6. The summed E-state index contributed by atoms with van der Waals surface area (Å²) in [5.74, 6) is 0.852. The van der Waals surface area contributed by atoms with Crippen LogP contribution in [0.15, 0.2) is 48.5 Å². The van der Waals surface area contributed by atoms with Gasteiger partial charge in [-0.25, -0.2) is 4.39 Å². The van der Waals surface area contributed by atoms with Crippen molar-refractivity contribution < 1.29 is 14.2 Å². The van der Waals surface area contributed by atoms with Gasteiger partial charge in [-0.1, -0.05) is 43.2 Å². The van der Waals surface area contributed by atoms with Crippen molar-refractivity contribution in [1.29, 1.82) is 0 Å². The lowest BCUT2D eigenvalue weighted by Gasteiger charge is -2.52. The molecule has 0 amide bonds. The van der Waals surface area contributed by atoms with E-state index in [-0.39, 0.29) is 17.8 Å². The van der Waals surface area contributed by atoms with Gasteiger partial charge in [0.05, 0.1) is 12.7 Å². The van der Waals surface area contributed by atoms with E-state index in [1.54, 1.807) is 13.2 Å². The lowest BCUT2D eigenvalue weighted by atomic mass is 9.66. The average molecular weight is 369 g/mol. The number of likely N-dealkylation sites (tertiary alicyclic amines) is 1. The lowest BCUT2D eigenvalue weighted by molar-refractivity contribution is -0.126. The fourth-order valence-electron chi connectivity index (χ4n) is 5.01. The molecule has 0 spiro atoms. The highest BCUT2D eigenvalue weighted by atomic mass is 19.1. The van der Waals surface area contributed by atoms with E-state index in [2.05, 4.69) is 17.0 Å². The van der Waals surface area contributed by atoms with Crippen LogP contribution in [0.25, 0.3) is 0 Å². The molecule has 1 aliphatic heterocycles. The van der Waals surface area contributed by atoms with Crippen molar-refractivity contribution in [3.8, 4) is 5.75 Å². The van der Waals surface area contributed by atoms with Gasteiger partial charge in [-0.3, -0.25) is 4.90 Å². The third kappa shape index (κ3) is 3.61. The molecule has 2 aromatic rings. The highest BCUT2D eigenvalue weighted by molar-refractivity contribution is 5.31. The Labute approximate surface area is 160 Å². The number of rotatable bonds is 4. The molecule has 4 rings (SSSR count). The molecule has 0 aromatic heterocycles. The van der Waals surface area contributed by atoms with Gasteiger partial charge in [0.2, 0.25) is 0 Å².